The number of hydrogen-bond donors (Lipinski definition) is 1. The fraction of sp³-hybridized carbons (Fsp3) is 0.500. The molecule has 2 heterocycles. The molecule has 1 atom stereocenters. The van der Waals surface area contributed by atoms with E-state index in [2.05, 4.69) is 15.7 Å². The van der Waals surface area contributed by atoms with Crippen molar-refractivity contribution in [1.82, 2.24) is 14.2 Å². The zero-order chi connectivity index (χ0) is 27.1. The molecule has 3 aliphatic rings. The molecule has 1 amide bonds. The summed E-state index contributed by atoms with van der Waals surface area (Å²) in [5.74, 6) is 1.59. The summed E-state index contributed by atoms with van der Waals surface area (Å²) in [5, 5.41) is 0.980. The van der Waals surface area contributed by atoms with Gasteiger partial charge in [-0.3, -0.25) is 4.79 Å². The number of benzene rings is 2. The van der Waals surface area contributed by atoms with Crippen LogP contribution in [0, 0.1) is 11.8 Å². The number of ether oxygens (including phenoxy) is 2. The Morgan fingerprint density at radius 2 is 1.74 bits per heavy atom. The number of nitrogens with zero attached hydrogens (tertiary/aromatic N) is 2. The number of aromatic nitrogens is 1. The third kappa shape index (κ3) is 5.32. The number of amides is 1. The van der Waals surface area contributed by atoms with E-state index in [4.69, 9.17) is 9.47 Å². The number of nitrogens with one attached hydrogen (secondary N) is 1. The summed E-state index contributed by atoms with van der Waals surface area (Å²) in [6.07, 6.45) is 5.13. The predicted molar refractivity (Wildman–Crippen MR) is 150 cm³/mol. The Hall–Kier alpha value is -2.88. The maximum atomic E-state index is 13.4. The first kappa shape index (κ1) is 26.3. The number of carbonyl (C=O) groups is 1. The molecule has 1 aromatic heterocycles. The van der Waals surface area contributed by atoms with E-state index in [1.54, 1.807) is 19.2 Å². The Kier molecular flexibility index (Phi) is 7.16. The van der Waals surface area contributed by atoms with Crippen LogP contribution in [0.5, 0.6) is 5.75 Å². The predicted octanol–water partition coefficient (Wildman–Crippen LogP) is 4.33. The van der Waals surface area contributed by atoms with Gasteiger partial charge < -0.3 is 18.9 Å². The van der Waals surface area contributed by atoms with Crippen LogP contribution < -0.4 is 9.46 Å². The number of carbonyl (C=O) groups excluding carboxylic acids is 1. The van der Waals surface area contributed by atoms with Crippen LogP contribution in [-0.2, 0) is 26.6 Å². The fourth-order valence-corrected chi connectivity index (χ4v) is 7.59. The lowest BCUT2D eigenvalue weighted by molar-refractivity contribution is -0.146. The average Bonchev–Trinajstić information content (AvgIpc) is 3.76. The molecule has 3 fully saturated rings. The van der Waals surface area contributed by atoms with Gasteiger partial charge in [0.2, 0.25) is 15.9 Å². The Morgan fingerprint density at radius 3 is 2.44 bits per heavy atom. The van der Waals surface area contributed by atoms with Crippen LogP contribution in [-0.4, -0.2) is 62.7 Å². The molecule has 3 aromatic rings. The Bertz CT molecular complexity index is 1450. The van der Waals surface area contributed by atoms with E-state index in [1.165, 1.54) is 12.8 Å². The molecular weight excluding hydrogens is 514 g/mol. The van der Waals surface area contributed by atoms with Crippen LogP contribution >= 0.6 is 0 Å². The van der Waals surface area contributed by atoms with Gasteiger partial charge in [-0.1, -0.05) is 6.07 Å². The monoisotopic (exact) mass is 551 g/mol. The largest absolute Gasteiger partial charge is 0.497 e. The van der Waals surface area contributed by atoms with Gasteiger partial charge in [-0.05, 0) is 92.5 Å². The summed E-state index contributed by atoms with van der Waals surface area (Å²) in [7, 11) is -0.102. The molecule has 1 saturated heterocycles. The smallest absolute Gasteiger partial charge is 0.240 e. The van der Waals surface area contributed by atoms with Crippen LogP contribution in [0.1, 0.15) is 38.5 Å². The molecule has 8 nitrogen and oxygen atoms in total. The van der Waals surface area contributed by atoms with Gasteiger partial charge in [0.05, 0.1) is 31.3 Å². The Morgan fingerprint density at radius 1 is 1.00 bits per heavy atom. The van der Waals surface area contributed by atoms with Crippen molar-refractivity contribution < 1.29 is 22.7 Å². The van der Waals surface area contributed by atoms with Gasteiger partial charge in [-0.15, -0.1) is 0 Å². The SMILES string of the molecule is COc1ccc(-c2cc3ccc(S(=O)(=O)NC4CCC(C(=O)N5CCOC[C@@H]5C5CC5)CC4)cc3n2C)cc1. The van der Waals surface area contributed by atoms with E-state index >= 15 is 0 Å². The first-order valence-corrected chi connectivity index (χ1v) is 15.5. The molecule has 1 aliphatic heterocycles. The van der Waals surface area contributed by atoms with Crippen LogP contribution in [0.15, 0.2) is 53.4 Å². The normalized spacial score (nSPS) is 24.2. The quantitative estimate of drug-likeness (QED) is 0.472. The van der Waals surface area contributed by atoms with Crippen molar-refractivity contribution >= 4 is 26.8 Å². The van der Waals surface area contributed by atoms with Gasteiger partial charge in [-0.25, -0.2) is 13.1 Å². The Labute approximate surface area is 230 Å². The van der Waals surface area contributed by atoms with Crippen molar-refractivity contribution in [2.24, 2.45) is 18.9 Å². The Balaban J connectivity index is 1.12. The highest BCUT2D eigenvalue weighted by Gasteiger charge is 2.41. The van der Waals surface area contributed by atoms with Crippen molar-refractivity contribution in [3.05, 3.63) is 48.5 Å². The molecule has 2 aliphatic carbocycles. The molecule has 0 bridgehead atoms. The molecule has 9 heteroatoms. The minimum Gasteiger partial charge on any atom is -0.497 e. The summed E-state index contributed by atoms with van der Waals surface area (Å²) in [4.78, 5) is 15.6. The van der Waals surface area contributed by atoms with E-state index in [0.717, 1.165) is 27.9 Å². The van der Waals surface area contributed by atoms with E-state index in [-0.39, 0.29) is 28.8 Å². The summed E-state index contributed by atoms with van der Waals surface area (Å²) in [6, 6.07) is 15.2. The zero-order valence-corrected chi connectivity index (χ0v) is 23.5. The van der Waals surface area contributed by atoms with Crippen molar-refractivity contribution in [2.75, 3.05) is 26.9 Å². The first-order chi connectivity index (χ1) is 18.8. The van der Waals surface area contributed by atoms with Gasteiger partial charge in [0.25, 0.3) is 0 Å². The van der Waals surface area contributed by atoms with Crippen LogP contribution in [0.2, 0.25) is 0 Å². The number of methoxy groups -OCH3 is 1. The van der Waals surface area contributed by atoms with Gasteiger partial charge in [0.15, 0.2) is 0 Å². The maximum Gasteiger partial charge on any atom is 0.240 e. The highest BCUT2D eigenvalue weighted by molar-refractivity contribution is 7.89. The number of aryl methyl sites for hydroxylation is 1. The highest BCUT2D eigenvalue weighted by Crippen LogP contribution is 2.38. The summed E-state index contributed by atoms with van der Waals surface area (Å²) in [6.45, 7) is 1.93. The lowest BCUT2D eigenvalue weighted by Gasteiger charge is -2.39. The lowest BCUT2D eigenvalue weighted by atomic mass is 9.85. The molecule has 0 unspecified atom stereocenters. The topological polar surface area (TPSA) is 89.9 Å². The number of rotatable bonds is 7. The van der Waals surface area contributed by atoms with Crippen molar-refractivity contribution in [1.29, 1.82) is 0 Å². The van der Waals surface area contributed by atoms with Crippen LogP contribution in [0.4, 0.5) is 0 Å². The number of hydrogen-bond acceptors (Lipinski definition) is 5. The summed E-state index contributed by atoms with van der Waals surface area (Å²) < 4.78 is 42.6. The van der Waals surface area contributed by atoms with E-state index in [1.807, 2.05) is 41.9 Å². The van der Waals surface area contributed by atoms with E-state index < -0.39 is 10.0 Å². The number of sulfonamides is 1. The van der Waals surface area contributed by atoms with E-state index in [9.17, 15) is 13.2 Å². The van der Waals surface area contributed by atoms with Crippen LogP contribution in [0.25, 0.3) is 22.2 Å². The van der Waals surface area contributed by atoms with Crippen molar-refractivity contribution in [3.8, 4) is 17.0 Å². The minimum atomic E-state index is -3.69. The molecule has 0 radical (unpaired) electrons. The highest BCUT2D eigenvalue weighted by atomic mass is 32.2. The molecule has 208 valence electrons. The standard InChI is InChI=1S/C30H37N3O5S/c1-32-27(20-7-12-25(37-2)13-8-20)17-23-9-14-26(18-28(23)32)39(35,36)31-24-10-5-22(6-11-24)30(34)33-15-16-38-19-29(33)21-3-4-21/h7-9,12-14,17-18,21-22,24,29,31H,3-6,10-11,15-16,19H2,1-2H3/t22?,24?,29-/m1/s1. The lowest BCUT2D eigenvalue weighted by Crippen LogP contribution is -2.52. The molecule has 2 saturated carbocycles. The molecule has 0 spiro atoms. The van der Waals surface area contributed by atoms with Gasteiger partial charge in [-0.2, -0.15) is 0 Å². The van der Waals surface area contributed by atoms with E-state index in [0.29, 0.717) is 51.4 Å². The van der Waals surface area contributed by atoms with Gasteiger partial charge in [0.1, 0.15) is 5.75 Å². The summed E-state index contributed by atoms with van der Waals surface area (Å²) >= 11 is 0. The second kappa shape index (κ2) is 10.6. The molecular formula is C30H37N3O5S. The van der Waals surface area contributed by atoms with Crippen LogP contribution in [0.3, 0.4) is 0 Å². The zero-order valence-electron chi connectivity index (χ0n) is 22.6. The molecule has 39 heavy (non-hydrogen) atoms. The third-order valence-corrected chi connectivity index (χ3v) is 10.2. The minimum absolute atomic E-state index is 0.0267. The second-order valence-electron chi connectivity index (χ2n) is 11.2. The molecule has 6 rings (SSSR count). The maximum absolute atomic E-state index is 13.4. The van der Waals surface area contributed by atoms with Crippen molar-refractivity contribution in [2.45, 2.75) is 55.5 Å². The average molecular weight is 552 g/mol. The van der Waals surface area contributed by atoms with Gasteiger partial charge >= 0.3 is 0 Å². The molecule has 2 aromatic carbocycles. The van der Waals surface area contributed by atoms with Crippen molar-refractivity contribution in [3.63, 3.8) is 0 Å². The second-order valence-corrected chi connectivity index (χ2v) is 12.9. The fourth-order valence-electron chi connectivity index (χ4n) is 6.26. The molecule has 1 N–H and O–H groups in total. The summed E-state index contributed by atoms with van der Waals surface area (Å²) in [5.41, 5.74) is 2.89. The number of fused-ring (bicyclic) bond motifs is 1. The van der Waals surface area contributed by atoms with Gasteiger partial charge in [0, 0.05) is 42.1 Å². The number of morpholine rings is 1. The third-order valence-electron chi connectivity index (χ3n) is 8.73. The first-order valence-electron chi connectivity index (χ1n) is 14.0.